The van der Waals surface area contributed by atoms with Crippen molar-refractivity contribution in [2.45, 2.75) is 11.8 Å². The van der Waals surface area contributed by atoms with Gasteiger partial charge in [-0.3, -0.25) is 0 Å². The topological polar surface area (TPSA) is 72.6 Å². The second-order valence-corrected chi connectivity index (χ2v) is 6.63. The van der Waals surface area contributed by atoms with Crippen LogP contribution in [0.4, 0.5) is 5.69 Å². The maximum Gasteiger partial charge on any atom is 0.245 e. The van der Waals surface area contributed by atoms with E-state index in [9.17, 15) is 8.42 Å². The molecule has 19 heavy (non-hydrogen) atoms. The van der Waals surface area contributed by atoms with E-state index in [4.69, 9.17) is 33.7 Å². The number of ether oxygens (including phenoxy) is 1. The minimum Gasteiger partial charge on any atom is -0.399 e. The Morgan fingerprint density at radius 1 is 1.32 bits per heavy atom. The first-order valence-corrected chi connectivity index (χ1v) is 7.79. The lowest BCUT2D eigenvalue weighted by atomic mass is 10.3. The molecule has 0 atom stereocenters. The largest absolute Gasteiger partial charge is 0.399 e. The van der Waals surface area contributed by atoms with Gasteiger partial charge in [-0.25, -0.2) is 8.42 Å². The number of hydrogen-bond donors (Lipinski definition) is 1. The van der Waals surface area contributed by atoms with E-state index in [0.717, 1.165) is 4.31 Å². The zero-order chi connectivity index (χ0) is 14.6. The van der Waals surface area contributed by atoms with Gasteiger partial charge in [-0.1, -0.05) is 23.2 Å². The maximum atomic E-state index is 12.3. The number of halogens is 2. The molecule has 0 aliphatic rings. The first-order valence-electron chi connectivity index (χ1n) is 5.59. The molecule has 1 rings (SSSR count). The van der Waals surface area contributed by atoms with E-state index in [1.54, 1.807) is 0 Å². The molecule has 0 bridgehead atoms. The van der Waals surface area contributed by atoms with Crippen molar-refractivity contribution in [1.29, 1.82) is 0 Å². The van der Waals surface area contributed by atoms with Gasteiger partial charge in [-0.05, 0) is 19.1 Å². The number of nitrogens with zero attached hydrogens (tertiary/aromatic N) is 1. The quantitative estimate of drug-likeness (QED) is 0.642. The summed E-state index contributed by atoms with van der Waals surface area (Å²) in [5, 5.41) is 0.0153. The number of nitrogens with two attached hydrogens (primary N) is 1. The minimum atomic E-state index is -3.76. The van der Waals surface area contributed by atoms with E-state index < -0.39 is 10.0 Å². The van der Waals surface area contributed by atoms with E-state index in [1.165, 1.54) is 19.2 Å². The molecule has 0 unspecified atom stereocenters. The molecule has 2 N–H and O–H groups in total. The normalized spacial score (nSPS) is 12.1. The van der Waals surface area contributed by atoms with Crippen LogP contribution in [0.1, 0.15) is 6.92 Å². The van der Waals surface area contributed by atoms with Crippen LogP contribution in [0.3, 0.4) is 0 Å². The Hall–Kier alpha value is -0.530. The Bertz CT molecular complexity index is 526. The molecule has 0 saturated carbocycles. The van der Waals surface area contributed by atoms with Gasteiger partial charge in [0.2, 0.25) is 10.0 Å². The lowest BCUT2D eigenvalue weighted by molar-refractivity contribution is 0.138. The number of nitrogen functional groups attached to an aromatic ring is 1. The van der Waals surface area contributed by atoms with Crippen molar-refractivity contribution >= 4 is 38.9 Å². The second kappa shape index (κ2) is 6.76. The fourth-order valence-corrected chi connectivity index (χ4v) is 3.77. The van der Waals surface area contributed by atoms with E-state index in [2.05, 4.69) is 0 Å². The van der Waals surface area contributed by atoms with Crippen molar-refractivity contribution in [1.82, 2.24) is 4.31 Å². The Morgan fingerprint density at radius 2 is 1.84 bits per heavy atom. The van der Waals surface area contributed by atoms with Gasteiger partial charge >= 0.3 is 0 Å². The molecule has 0 radical (unpaired) electrons. The standard InChI is InChI=1S/C11H16Cl2N2O3S/c1-3-18-5-4-15(2)19(16,17)11-9(12)6-8(14)7-10(11)13/h6-7H,3-5,14H2,1-2H3. The Kier molecular flexibility index (Phi) is 5.88. The maximum absolute atomic E-state index is 12.3. The molecular weight excluding hydrogens is 311 g/mol. The Labute approximate surface area is 123 Å². The van der Waals surface area contributed by atoms with Gasteiger partial charge in [0.05, 0.1) is 16.7 Å². The summed E-state index contributed by atoms with van der Waals surface area (Å²) in [7, 11) is -2.32. The zero-order valence-electron chi connectivity index (χ0n) is 10.7. The average molecular weight is 327 g/mol. The highest BCUT2D eigenvalue weighted by atomic mass is 35.5. The van der Waals surface area contributed by atoms with Gasteiger partial charge in [0.15, 0.2) is 0 Å². The fraction of sp³-hybridized carbons (Fsp3) is 0.455. The second-order valence-electron chi connectivity index (χ2n) is 3.84. The third-order valence-corrected chi connectivity index (χ3v) is 5.22. The monoisotopic (exact) mass is 326 g/mol. The molecule has 0 amide bonds. The third-order valence-electron chi connectivity index (χ3n) is 2.44. The van der Waals surface area contributed by atoms with Crippen LogP contribution in [-0.2, 0) is 14.8 Å². The highest BCUT2D eigenvalue weighted by Gasteiger charge is 2.26. The predicted molar refractivity (Wildman–Crippen MR) is 77.2 cm³/mol. The summed E-state index contributed by atoms with van der Waals surface area (Å²) in [5.74, 6) is 0. The SMILES string of the molecule is CCOCCN(C)S(=O)(=O)c1c(Cl)cc(N)cc1Cl. The molecule has 0 heterocycles. The van der Waals surface area contributed by atoms with Crippen LogP contribution in [0, 0.1) is 0 Å². The van der Waals surface area contributed by atoms with Crippen LogP contribution in [0.25, 0.3) is 0 Å². The van der Waals surface area contributed by atoms with Crippen molar-refractivity contribution in [3.05, 3.63) is 22.2 Å². The minimum absolute atomic E-state index is 0.00765. The van der Waals surface area contributed by atoms with Crippen LogP contribution >= 0.6 is 23.2 Å². The molecule has 1 aromatic carbocycles. The van der Waals surface area contributed by atoms with Gasteiger partial charge in [-0.15, -0.1) is 0 Å². The summed E-state index contributed by atoms with van der Waals surface area (Å²) in [5.41, 5.74) is 5.86. The van der Waals surface area contributed by atoms with E-state index in [0.29, 0.717) is 18.9 Å². The number of likely N-dealkylation sites (N-methyl/N-ethyl adjacent to an activating group) is 1. The molecule has 8 heteroatoms. The number of hydrogen-bond acceptors (Lipinski definition) is 4. The van der Waals surface area contributed by atoms with Crippen molar-refractivity contribution in [2.24, 2.45) is 0 Å². The number of rotatable bonds is 6. The first-order chi connectivity index (χ1) is 8.80. The highest BCUT2D eigenvalue weighted by molar-refractivity contribution is 7.89. The summed E-state index contributed by atoms with van der Waals surface area (Å²) in [6, 6.07) is 2.72. The van der Waals surface area contributed by atoms with Crippen LogP contribution in [0.5, 0.6) is 0 Å². The molecule has 0 aromatic heterocycles. The van der Waals surface area contributed by atoms with Crippen molar-refractivity contribution in [3.8, 4) is 0 Å². The fourth-order valence-electron chi connectivity index (χ4n) is 1.44. The van der Waals surface area contributed by atoms with Crippen LogP contribution in [-0.4, -0.2) is 39.5 Å². The molecule has 5 nitrogen and oxygen atoms in total. The number of anilines is 1. The van der Waals surface area contributed by atoms with Gasteiger partial charge in [0.1, 0.15) is 4.90 Å². The van der Waals surface area contributed by atoms with Gasteiger partial charge in [0.25, 0.3) is 0 Å². The molecule has 0 fully saturated rings. The summed E-state index contributed by atoms with van der Waals surface area (Å²) in [6.45, 7) is 2.88. The van der Waals surface area contributed by atoms with Crippen molar-refractivity contribution < 1.29 is 13.2 Å². The van der Waals surface area contributed by atoms with Gasteiger partial charge in [-0.2, -0.15) is 4.31 Å². The van der Waals surface area contributed by atoms with E-state index in [-0.39, 0.29) is 21.5 Å². The van der Waals surface area contributed by atoms with E-state index >= 15 is 0 Å². The van der Waals surface area contributed by atoms with Crippen LogP contribution < -0.4 is 5.73 Å². The van der Waals surface area contributed by atoms with Gasteiger partial charge < -0.3 is 10.5 Å². The summed E-state index contributed by atoms with van der Waals surface area (Å²) >= 11 is 11.8. The molecular formula is C11H16Cl2N2O3S. The highest BCUT2D eigenvalue weighted by Crippen LogP contribution is 2.33. The van der Waals surface area contributed by atoms with Crippen molar-refractivity contribution in [2.75, 3.05) is 32.5 Å². The van der Waals surface area contributed by atoms with E-state index in [1.807, 2.05) is 6.92 Å². The smallest absolute Gasteiger partial charge is 0.245 e. The molecule has 0 spiro atoms. The summed E-state index contributed by atoms with van der Waals surface area (Å²) < 4.78 is 30.9. The molecule has 1 aromatic rings. The lowest BCUT2D eigenvalue weighted by Crippen LogP contribution is -2.30. The zero-order valence-corrected chi connectivity index (χ0v) is 13.0. The third kappa shape index (κ3) is 3.97. The number of benzene rings is 1. The first kappa shape index (κ1) is 16.5. The molecule has 0 aliphatic carbocycles. The van der Waals surface area contributed by atoms with Crippen LogP contribution in [0.2, 0.25) is 10.0 Å². The molecule has 0 saturated heterocycles. The Morgan fingerprint density at radius 3 is 2.32 bits per heavy atom. The van der Waals surface area contributed by atoms with Crippen LogP contribution in [0.15, 0.2) is 17.0 Å². The van der Waals surface area contributed by atoms with Crippen molar-refractivity contribution in [3.63, 3.8) is 0 Å². The predicted octanol–water partition coefficient (Wildman–Crippen LogP) is 2.23. The molecule has 108 valence electrons. The summed E-state index contributed by atoms with van der Waals surface area (Å²) in [6.07, 6.45) is 0. The lowest BCUT2D eigenvalue weighted by Gasteiger charge is -2.19. The van der Waals surface area contributed by atoms with Gasteiger partial charge in [0, 0.05) is 25.9 Å². The average Bonchev–Trinajstić information content (AvgIpc) is 2.27. The molecule has 0 aliphatic heterocycles. The summed E-state index contributed by atoms with van der Waals surface area (Å²) in [4.78, 5) is -0.135. The number of sulfonamides is 1. The Balaban J connectivity index is 3.07.